The van der Waals surface area contributed by atoms with E-state index in [9.17, 15) is 14.4 Å². The highest BCUT2D eigenvalue weighted by atomic mass is 16.5. The number of hydrogen-bond acceptors (Lipinski definition) is 5. The number of para-hydroxylation sites is 1. The van der Waals surface area contributed by atoms with E-state index in [1.165, 1.54) is 6.07 Å². The number of carbonyl (C=O) groups is 3. The number of fused-ring (bicyclic) bond motifs is 1. The van der Waals surface area contributed by atoms with Crippen molar-refractivity contribution in [3.8, 4) is 17.2 Å². The summed E-state index contributed by atoms with van der Waals surface area (Å²) in [4.78, 5) is 35.9. The first-order valence-electron chi connectivity index (χ1n) is 9.30. The van der Waals surface area contributed by atoms with Crippen LogP contribution in [0.2, 0.25) is 0 Å². The number of ether oxygens (including phenoxy) is 2. The van der Waals surface area contributed by atoms with Crippen molar-refractivity contribution >= 4 is 23.4 Å². The molecule has 2 N–H and O–H groups in total. The summed E-state index contributed by atoms with van der Waals surface area (Å²) in [6.45, 7) is 1.67. The number of anilines is 1. The maximum absolute atomic E-state index is 12.4. The van der Waals surface area contributed by atoms with E-state index in [0.29, 0.717) is 28.5 Å². The van der Waals surface area contributed by atoms with Gasteiger partial charge < -0.3 is 14.8 Å². The van der Waals surface area contributed by atoms with Crippen molar-refractivity contribution in [1.82, 2.24) is 5.32 Å². The van der Waals surface area contributed by atoms with Crippen LogP contribution < -0.4 is 20.1 Å². The molecule has 1 atom stereocenters. The second-order valence-corrected chi connectivity index (χ2v) is 6.68. The number of benzene rings is 3. The standard InChI is InChI=1S/C23H18N2O5/c1-14(29-16-7-3-2-4-8-16)21(26)24-15-6-5-9-17(12-15)30-18-10-11-19-20(13-18)23(28)25-22(19)27/h2-14H,1H3,(H,24,26)(H,25,27,28). The van der Waals surface area contributed by atoms with Crippen molar-refractivity contribution in [2.45, 2.75) is 13.0 Å². The molecule has 1 aliphatic rings. The summed E-state index contributed by atoms with van der Waals surface area (Å²) in [6.07, 6.45) is -0.690. The lowest BCUT2D eigenvalue weighted by Gasteiger charge is -2.15. The highest BCUT2D eigenvalue weighted by Crippen LogP contribution is 2.28. The fourth-order valence-corrected chi connectivity index (χ4v) is 2.98. The van der Waals surface area contributed by atoms with Crippen LogP contribution in [0.5, 0.6) is 17.2 Å². The van der Waals surface area contributed by atoms with E-state index in [1.807, 2.05) is 18.2 Å². The molecular weight excluding hydrogens is 384 g/mol. The average molecular weight is 402 g/mol. The third-order valence-electron chi connectivity index (χ3n) is 4.47. The smallest absolute Gasteiger partial charge is 0.265 e. The summed E-state index contributed by atoms with van der Waals surface area (Å²) in [5.74, 6) is 0.309. The maximum Gasteiger partial charge on any atom is 0.265 e. The molecule has 0 bridgehead atoms. The predicted molar refractivity (Wildman–Crippen MR) is 110 cm³/mol. The van der Waals surface area contributed by atoms with E-state index < -0.39 is 17.9 Å². The van der Waals surface area contributed by atoms with Gasteiger partial charge in [0, 0.05) is 11.8 Å². The number of amides is 3. The van der Waals surface area contributed by atoms with Gasteiger partial charge in [-0.1, -0.05) is 24.3 Å². The van der Waals surface area contributed by atoms with Crippen molar-refractivity contribution in [3.63, 3.8) is 0 Å². The molecule has 3 amide bonds. The quantitative estimate of drug-likeness (QED) is 0.612. The number of rotatable bonds is 6. The predicted octanol–water partition coefficient (Wildman–Crippen LogP) is 3.77. The highest BCUT2D eigenvalue weighted by molar-refractivity contribution is 6.21. The average Bonchev–Trinajstić information content (AvgIpc) is 3.02. The number of hydrogen-bond donors (Lipinski definition) is 2. The van der Waals surface area contributed by atoms with Crippen molar-refractivity contribution in [1.29, 1.82) is 0 Å². The second kappa shape index (κ2) is 8.08. The lowest BCUT2D eigenvalue weighted by Crippen LogP contribution is -2.30. The van der Waals surface area contributed by atoms with E-state index in [4.69, 9.17) is 9.47 Å². The van der Waals surface area contributed by atoms with Crippen molar-refractivity contribution in [3.05, 3.63) is 83.9 Å². The molecule has 0 spiro atoms. The molecule has 3 aromatic carbocycles. The molecular formula is C23H18N2O5. The molecule has 0 saturated heterocycles. The summed E-state index contributed by atoms with van der Waals surface area (Å²) in [5.41, 5.74) is 1.13. The van der Waals surface area contributed by atoms with Gasteiger partial charge >= 0.3 is 0 Å². The van der Waals surface area contributed by atoms with E-state index in [0.717, 1.165) is 0 Å². The van der Waals surface area contributed by atoms with Gasteiger partial charge in [-0.2, -0.15) is 0 Å². The monoisotopic (exact) mass is 402 g/mol. The van der Waals surface area contributed by atoms with E-state index in [2.05, 4.69) is 10.6 Å². The lowest BCUT2D eigenvalue weighted by atomic mass is 10.1. The highest BCUT2D eigenvalue weighted by Gasteiger charge is 2.27. The van der Waals surface area contributed by atoms with E-state index >= 15 is 0 Å². The van der Waals surface area contributed by atoms with Crippen LogP contribution in [-0.2, 0) is 4.79 Å². The van der Waals surface area contributed by atoms with Gasteiger partial charge in [-0.3, -0.25) is 19.7 Å². The Bertz CT molecular complexity index is 1130. The van der Waals surface area contributed by atoms with Crippen LogP contribution in [0.15, 0.2) is 72.8 Å². The Hall–Kier alpha value is -4.13. The van der Waals surface area contributed by atoms with Gasteiger partial charge in [-0.05, 0) is 49.4 Å². The zero-order valence-corrected chi connectivity index (χ0v) is 16.0. The molecule has 1 aliphatic heterocycles. The first-order valence-corrected chi connectivity index (χ1v) is 9.30. The Morgan fingerprint density at radius 3 is 2.33 bits per heavy atom. The molecule has 0 saturated carbocycles. The lowest BCUT2D eigenvalue weighted by molar-refractivity contribution is -0.122. The maximum atomic E-state index is 12.4. The molecule has 30 heavy (non-hydrogen) atoms. The zero-order valence-electron chi connectivity index (χ0n) is 16.0. The SMILES string of the molecule is CC(Oc1ccccc1)C(=O)Nc1cccc(Oc2ccc3c(c2)C(=O)NC3=O)c1. The Morgan fingerprint density at radius 2 is 1.53 bits per heavy atom. The van der Waals surface area contributed by atoms with E-state index in [1.54, 1.807) is 55.5 Å². The fraction of sp³-hybridized carbons (Fsp3) is 0.0870. The Kier molecular flexibility index (Phi) is 5.17. The Balaban J connectivity index is 1.43. The molecule has 0 fully saturated rings. The minimum atomic E-state index is -0.690. The summed E-state index contributed by atoms with van der Waals surface area (Å²) in [7, 11) is 0. The van der Waals surface area contributed by atoms with Crippen LogP contribution in [0, 0.1) is 0 Å². The summed E-state index contributed by atoms with van der Waals surface area (Å²) in [6, 6.07) is 20.6. The number of nitrogens with one attached hydrogen (secondary N) is 2. The Morgan fingerprint density at radius 1 is 0.833 bits per heavy atom. The summed E-state index contributed by atoms with van der Waals surface area (Å²) >= 11 is 0. The minimum Gasteiger partial charge on any atom is -0.481 e. The molecule has 3 aromatic rings. The van der Waals surface area contributed by atoms with Gasteiger partial charge in [-0.15, -0.1) is 0 Å². The molecule has 0 aliphatic carbocycles. The van der Waals surface area contributed by atoms with Crippen LogP contribution in [0.25, 0.3) is 0 Å². The molecule has 1 unspecified atom stereocenters. The zero-order chi connectivity index (χ0) is 21.1. The molecule has 1 heterocycles. The molecule has 7 heteroatoms. The van der Waals surface area contributed by atoms with Crippen molar-refractivity contribution < 1.29 is 23.9 Å². The van der Waals surface area contributed by atoms with Gasteiger partial charge in [0.1, 0.15) is 17.2 Å². The molecule has 7 nitrogen and oxygen atoms in total. The van der Waals surface area contributed by atoms with Crippen LogP contribution in [0.1, 0.15) is 27.6 Å². The molecule has 0 radical (unpaired) electrons. The molecule has 0 aromatic heterocycles. The second-order valence-electron chi connectivity index (χ2n) is 6.68. The first-order chi connectivity index (χ1) is 14.5. The summed E-state index contributed by atoms with van der Waals surface area (Å²) in [5, 5.41) is 5.03. The van der Waals surface area contributed by atoms with Crippen molar-refractivity contribution in [2.75, 3.05) is 5.32 Å². The summed E-state index contributed by atoms with van der Waals surface area (Å²) < 4.78 is 11.4. The number of imide groups is 1. The largest absolute Gasteiger partial charge is 0.481 e. The fourth-order valence-electron chi connectivity index (χ4n) is 2.98. The first kappa shape index (κ1) is 19.2. The Labute approximate surface area is 172 Å². The normalized spacial score (nSPS) is 13.2. The van der Waals surface area contributed by atoms with Crippen LogP contribution >= 0.6 is 0 Å². The molecule has 4 rings (SSSR count). The third-order valence-corrected chi connectivity index (χ3v) is 4.47. The van der Waals surface area contributed by atoms with Crippen molar-refractivity contribution in [2.24, 2.45) is 0 Å². The van der Waals surface area contributed by atoms with Crippen LogP contribution in [0.4, 0.5) is 5.69 Å². The topological polar surface area (TPSA) is 93.7 Å². The van der Waals surface area contributed by atoms with Gasteiger partial charge in [0.15, 0.2) is 6.10 Å². The third kappa shape index (κ3) is 4.15. The van der Waals surface area contributed by atoms with Crippen LogP contribution in [-0.4, -0.2) is 23.8 Å². The van der Waals surface area contributed by atoms with Gasteiger partial charge in [0.25, 0.3) is 17.7 Å². The van der Waals surface area contributed by atoms with E-state index in [-0.39, 0.29) is 11.5 Å². The minimum absolute atomic E-state index is 0.272. The van der Waals surface area contributed by atoms with Gasteiger partial charge in [0.05, 0.1) is 11.1 Å². The number of carbonyl (C=O) groups excluding carboxylic acids is 3. The van der Waals surface area contributed by atoms with Gasteiger partial charge in [0.2, 0.25) is 0 Å². The van der Waals surface area contributed by atoms with Gasteiger partial charge in [-0.25, -0.2) is 0 Å². The van der Waals surface area contributed by atoms with Crippen LogP contribution in [0.3, 0.4) is 0 Å². The molecule has 150 valence electrons.